The number of carbonyl (C=O) groups excluding carboxylic acids is 1. The van der Waals surface area contributed by atoms with Crippen LogP contribution in [0.2, 0.25) is 0 Å². The minimum Gasteiger partial charge on any atom is -0.468 e. The Morgan fingerprint density at radius 2 is 1.00 bits per heavy atom. The molecule has 1 unspecified atom stereocenters. The van der Waals surface area contributed by atoms with Gasteiger partial charge in [0.2, 0.25) is 0 Å². The van der Waals surface area contributed by atoms with E-state index in [9.17, 15) is 70.7 Å². The van der Waals surface area contributed by atoms with Gasteiger partial charge in [-0.25, -0.2) is 0 Å². The smallest absolute Gasteiger partial charge is 0.460 e. The van der Waals surface area contributed by atoms with Gasteiger partial charge in [0.05, 0.1) is 7.11 Å². The zero-order chi connectivity index (χ0) is 24.1. The van der Waals surface area contributed by atoms with Crippen LogP contribution in [0.5, 0.6) is 0 Å². The van der Waals surface area contributed by atoms with Crippen LogP contribution < -0.4 is 0 Å². The average Bonchev–Trinajstić information content (AvgIpc) is 2.51. The molecule has 0 saturated heterocycles. The third-order valence-electron chi connectivity index (χ3n) is 3.29. The quantitative estimate of drug-likeness (QED) is 0.227. The zero-order valence-corrected chi connectivity index (χ0v) is 14.7. The fourth-order valence-electron chi connectivity index (χ4n) is 1.56. The number of methoxy groups -OCH3 is 1. The summed E-state index contributed by atoms with van der Waals surface area (Å²) in [6.45, 7) is 0. The Morgan fingerprint density at radius 3 is 1.31 bits per heavy atom. The molecular formula is C11H6BrF15O2. The summed E-state index contributed by atoms with van der Waals surface area (Å²) in [7, 11) is 0.468. The number of alkyl halides is 16. The predicted octanol–water partition coefficient (Wildman–Crippen LogP) is 5.69. The van der Waals surface area contributed by atoms with E-state index < -0.39 is 58.9 Å². The van der Waals surface area contributed by atoms with Crippen molar-refractivity contribution in [3.05, 3.63) is 0 Å². The highest BCUT2D eigenvalue weighted by Crippen LogP contribution is 2.62. The maximum Gasteiger partial charge on any atom is 0.460 e. The standard InChI is InChI=1S/C11H6BrF15O2/c1-29-4(28)3(12)2-5(13,14)6(15,16)7(17,18)8(19,20)9(21,22)10(23,24)11(25,26)27/h3H,2H2,1H3. The summed E-state index contributed by atoms with van der Waals surface area (Å²) in [4.78, 5) is 8.22. The van der Waals surface area contributed by atoms with Crippen LogP contribution in [-0.4, -0.2) is 59.6 Å². The molecule has 2 nitrogen and oxygen atoms in total. The largest absolute Gasteiger partial charge is 0.468 e. The lowest BCUT2D eigenvalue weighted by Crippen LogP contribution is -2.72. The van der Waals surface area contributed by atoms with Gasteiger partial charge in [-0.2, -0.15) is 65.9 Å². The summed E-state index contributed by atoms with van der Waals surface area (Å²) in [5.41, 5.74) is 0. The monoisotopic (exact) mass is 534 g/mol. The summed E-state index contributed by atoms with van der Waals surface area (Å²) in [5, 5.41) is 0. The Labute approximate surface area is 158 Å². The number of carbonyl (C=O) groups is 1. The summed E-state index contributed by atoms with van der Waals surface area (Å²) >= 11 is 1.91. The molecule has 0 aromatic heterocycles. The third kappa shape index (κ3) is 4.08. The van der Waals surface area contributed by atoms with Crippen molar-refractivity contribution in [1.29, 1.82) is 0 Å². The van der Waals surface area contributed by atoms with Crippen molar-refractivity contribution in [2.75, 3.05) is 7.11 Å². The van der Waals surface area contributed by atoms with Gasteiger partial charge >= 0.3 is 47.7 Å². The van der Waals surface area contributed by atoms with Gasteiger partial charge in [-0.05, 0) is 0 Å². The first-order valence-electron chi connectivity index (χ1n) is 6.42. The molecular weight excluding hydrogens is 529 g/mol. The molecule has 0 heterocycles. The minimum atomic E-state index is -8.35. The highest BCUT2D eigenvalue weighted by Gasteiger charge is 2.93. The first-order valence-corrected chi connectivity index (χ1v) is 7.34. The van der Waals surface area contributed by atoms with Gasteiger partial charge in [-0.15, -0.1) is 0 Å². The zero-order valence-electron chi connectivity index (χ0n) is 13.1. The molecule has 174 valence electrons. The molecule has 0 aromatic carbocycles. The molecule has 0 spiro atoms. The molecule has 0 rings (SSSR count). The predicted molar refractivity (Wildman–Crippen MR) is 65.1 cm³/mol. The number of halogens is 16. The van der Waals surface area contributed by atoms with Crippen molar-refractivity contribution in [1.82, 2.24) is 0 Å². The molecule has 0 bridgehead atoms. The fourth-order valence-corrected chi connectivity index (χ4v) is 2.16. The van der Waals surface area contributed by atoms with Crippen LogP contribution in [0.3, 0.4) is 0 Å². The Kier molecular flexibility index (Phi) is 7.26. The first-order chi connectivity index (χ1) is 12.4. The normalized spacial score (nSPS) is 16.6. The summed E-state index contributed by atoms with van der Waals surface area (Å²) in [6.07, 6.45) is -10.5. The van der Waals surface area contributed by atoms with E-state index in [0.29, 0.717) is 7.11 Å². The molecule has 0 radical (unpaired) electrons. The molecule has 0 amide bonds. The van der Waals surface area contributed by atoms with Gasteiger partial charge in [-0.1, -0.05) is 15.9 Å². The number of hydrogen-bond donors (Lipinski definition) is 0. The van der Waals surface area contributed by atoms with E-state index in [1.807, 2.05) is 15.9 Å². The second kappa shape index (κ2) is 7.55. The van der Waals surface area contributed by atoms with E-state index in [4.69, 9.17) is 0 Å². The van der Waals surface area contributed by atoms with Crippen molar-refractivity contribution in [2.24, 2.45) is 0 Å². The summed E-state index contributed by atoms with van der Waals surface area (Å²) < 4.78 is 197. The summed E-state index contributed by atoms with van der Waals surface area (Å²) in [6, 6.07) is 0. The lowest BCUT2D eigenvalue weighted by Gasteiger charge is -2.41. The average molecular weight is 535 g/mol. The van der Waals surface area contributed by atoms with Gasteiger partial charge in [0, 0.05) is 6.42 Å². The van der Waals surface area contributed by atoms with Gasteiger partial charge in [-0.3, -0.25) is 4.79 Å². The van der Waals surface area contributed by atoms with Gasteiger partial charge in [0.25, 0.3) is 0 Å². The van der Waals surface area contributed by atoms with Crippen molar-refractivity contribution in [3.63, 3.8) is 0 Å². The number of esters is 1. The molecule has 0 aromatic rings. The van der Waals surface area contributed by atoms with Crippen LogP contribution in [0, 0.1) is 0 Å². The van der Waals surface area contributed by atoms with E-state index in [0.717, 1.165) is 0 Å². The van der Waals surface area contributed by atoms with Crippen LogP contribution >= 0.6 is 15.9 Å². The van der Waals surface area contributed by atoms with Crippen LogP contribution in [-0.2, 0) is 9.53 Å². The molecule has 0 aliphatic heterocycles. The van der Waals surface area contributed by atoms with Crippen LogP contribution in [0.25, 0.3) is 0 Å². The van der Waals surface area contributed by atoms with Crippen molar-refractivity contribution >= 4 is 21.9 Å². The summed E-state index contributed by atoms with van der Waals surface area (Å²) in [5.74, 6) is -48.8. The molecule has 18 heteroatoms. The topological polar surface area (TPSA) is 26.3 Å². The molecule has 0 fully saturated rings. The second-order valence-corrected chi connectivity index (χ2v) is 6.37. The van der Waals surface area contributed by atoms with Crippen LogP contribution in [0.15, 0.2) is 0 Å². The SMILES string of the molecule is COC(=O)C(Br)CC(F)(F)C(F)(F)C(F)(F)C(F)(F)C(F)(F)C(F)(F)C(F)(F)F. The van der Waals surface area contributed by atoms with Crippen LogP contribution in [0.4, 0.5) is 65.9 Å². The molecule has 0 aliphatic carbocycles. The third-order valence-corrected chi connectivity index (χ3v) is 3.98. The molecule has 0 saturated carbocycles. The second-order valence-electron chi connectivity index (χ2n) is 5.27. The van der Waals surface area contributed by atoms with Gasteiger partial charge in [0.1, 0.15) is 4.83 Å². The maximum absolute atomic E-state index is 13.4. The van der Waals surface area contributed by atoms with Crippen LogP contribution in [0.1, 0.15) is 6.42 Å². The molecule has 0 aliphatic rings. The maximum atomic E-state index is 13.4. The van der Waals surface area contributed by atoms with Crippen molar-refractivity contribution in [3.8, 4) is 0 Å². The van der Waals surface area contributed by atoms with Crippen molar-refractivity contribution < 1.29 is 75.4 Å². The Bertz CT molecular complexity index is 612. The van der Waals surface area contributed by atoms with E-state index >= 15 is 0 Å². The number of ether oxygens (including phenoxy) is 1. The molecule has 29 heavy (non-hydrogen) atoms. The number of hydrogen-bond acceptors (Lipinski definition) is 2. The van der Waals surface area contributed by atoms with Crippen molar-refractivity contribution in [2.45, 2.75) is 53.0 Å². The Hall–Kier alpha value is -1.10. The van der Waals surface area contributed by atoms with E-state index in [1.54, 1.807) is 0 Å². The van der Waals surface area contributed by atoms with E-state index in [1.165, 1.54) is 0 Å². The Morgan fingerprint density at radius 1 is 0.690 bits per heavy atom. The molecule has 0 N–H and O–H groups in total. The van der Waals surface area contributed by atoms with E-state index in [-0.39, 0.29) is 0 Å². The Balaban J connectivity index is 6.39. The highest BCUT2D eigenvalue weighted by atomic mass is 79.9. The highest BCUT2D eigenvalue weighted by molar-refractivity contribution is 9.10. The van der Waals surface area contributed by atoms with E-state index in [2.05, 4.69) is 4.74 Å². The minimum absolute atomic E-state index is 0.468. The molecule has 1 atom stereocenters. The lowest BCUT2D eigenvalue weighted by atomic mass is 9.89. The first kappa shape index (κ1) is 27.9. The van der Waals surface area contributed by atoms with Gasteiger partial charge < -0.3 is 4.74 Å². The number of rotatable bonds is 8. The fraction of sp³-hybridized carbons (Fsp3) is 0.909. The lowest BCUT2D eigenvalue weighted by molar-refractivity contribution is -0.452. The van der Waals surface area contributed by atoms with Gasteiger partial charge in [0.15, 0.2) is 0 Å².